The average molecular weight is 388 g/mol. The molecule has 0 fully saturated rings. The number of rotatable bonds is 5. The zero-order valence-electron chi connectivity index (χ0n) is 15.0. The zero-order chi connectivity index (χ0) is 19.3. The summed E-state index contributed by atoms with van der Waals surface area (Å²) in [7, 11) is 1.64. The molecule has 5 nitrogen and oxygen atoms in total. The molecule has 0 atom stereocenters. The van der Waals surface area contributed by atoms with Crippen LogP contribution in [0.4, 0.5) is 0 Å². The van der Waals surface area contributed by atoms with Gasteiger partial charge in [-0.25, -0.2) is 14.8 Å². The minimum atomic E-state index is -0.361. The molecule has 4 rings (SSSR count). The van der Waals surface area contributed by atoms with Crippen LogP contribution in [-0.2, 0) is 0 Å². The summed E-state index contributed by atoms with van der Waals surface area (Å²) in [5, 5.41) is 1.84. The van der Waals surface area contributed by atoms with Crippen LogP contribution in [0.3, 0.4) is 0 Å². The van der Waals surface area contributed by atoms with E-state index in [1.807, 2.05) is 53.9 Å². The van der Waals surface area contributed by atoms with E-state index in [0.29, 0.717) is 16.5 Å². The smallest absolute Gasteiger partial charge is 0.353 e. The molecule has 0 aliphatic heterocycles. The molecule has 0 unspecified atom stereocenters. The Morgan fingerprint density at radius 3 is 2.29 bits per heavy atom. The second-order valence-corrected chi connectivity index (χ2v) is 6.83. The molecule has 2 heterocycles. The van der Waals surface area contributed by atoms with E-state index in [2.05, 4.69) is 9.97 Å². The highest BCUT2D eigenvalue weighted by atomic mass is 32.1. The number of thiophene rings is 1. The number of ether oxygens (including phenoxy) is 2. The van der Waals surface area contributed by atoms with Gasteiger partial charge in [0.1, 0.15) is 16.4 Å². The van der Waals surface area contributed by atoms with E-state index in [9.17, 15) is 4.79 Å². The van der Waals surface area contributed by atoms with Crippen molar-refractivity contribution in [2.75, 3.05) is 7.11 Å². The van der Waals surface area contributed by atoms with Crippen molar-refractivity contribution < 1.29 is 14.3 Å². The Balaban J connectivity index is 1.53. The summed E-state index contributed by atoms with van der Waals surface area (Å²) in [6.45, 7) is 0. The molecule has 0 saturated carbocycles. The highest BCUT2D eigenvalue weighted by Gasteiger charge is 2.10. The third-order valence-corrected chi connectivity index (χ3v) is 4.94. The van der Waals surface area contributed by atoms with Gasteiger partial charge in [0.05, 0.1) is 12.8 Å². The standard InChI is InChI=1S/C22H16N2O3S/c1-26-17-8-4-15(5-9-17)19-12-13-23-21(24-19)16-6-10-18(11-7-16)27-22(25)20-3-2-14-28-20/h2-14H,1H3. The molecular weight excluding hydrogens is 372 g/mol. The Kier molecular flexibility index (Phi) is 5.12. The van der Waals surface area contributed by atoms with E-state index in [0.717, 1.165) is 22.6 Å². The van der Waals surface area contributed by atoms with E-state index in [1.54, 1.807) is 31.5 Å². The number of hydrogen-bond donors (Lipinski definition) is 0. The number of hydrogen-bond acceptors (Lipinski definition) is 6. The molecule has 0 aliphatic carbocycles. The van der Waals surface area contributed by atoms with Gasteiger partial charge in [-0.3, -0.25) is 0 Å². The van der Waals surface area contributed by atoms with Crippen molar-refractivity contribution in [2.24, 2.45) is 0 Å². The van der Waals surface area contributed by atoms with Gasteiger partial charge in [0.15, 0.2) is 5.82 Å². The van der Waals surface area contributed by atoms with E-state index in [4.69, 9.17) is 9.47 Å². The highest BCUT2D eigenvalue weighted by molar-refractivity contribution is 7.12. The minimum Gasteiger partial charge on any atom is -0.497 e. The molecule has 2 aromatic heterocycles. The summed E-state index contributed by atoms with van der Waals surface area (Å²) in [6.07, 6.45) is 1.73. The minimum absolute atomic E-state index is 0.361. The second-order valence-electron chi connectivity index (χ2n) is 5.89. The van der Waals surface area contributed by atoms with Crippen molar-refractivity contribution in [2.45, 2.75) is 0 Å². The fourth-order valence-corrected chi connectivity index (χ4v) is 3.24. The summed E-state index contributed by atoms with van der Waals surface area (Å²) in [5.74, 6) is 1.52. The van der Waals surface area contributed by atoms with Crippen LogP contribution in [0, 0.1) is 0 Å². The molecule has 0 radical (unpaired) electrons. The first-order valence-corrected chi connectivity index (χ1v) is 9.44. The summed E-state index contributed by atoms with van der Waals surface area (Å²) in [5.41, 5.74) is 2.64. The molecule has 2 aromatic carbocycles. The Hall–Kier alpha value is -3.51. The third-order valence-electron chi connectivity index (χ3n) is 4.09. The average Bonchev–Trinajstić information content (AvgIpc) is 3.30. The van der Waals surface area contributed by atoms with Gasteiger partial charge in [-0.2, -0.15) is 0 Å². The Morgan fingerprint density at radius 1 is 0.893 bits per heavy atom. The molecule has 6 heteroatoms. The predicted molar refractivity (Wildman–Crippen MR) is 109 cm³/mol. The molecule has 0 saturated heterocycles. The molecule has 0 aliphatic rings. The number of methoxy groups -OCH3 is 1. The summed E-state index contributed by atoms with van der Waals surface area (Å²) < 4.78 is 10.6. The van der Waals surface area contributed by atoms with Crippen molar-refractivity contribution in [3.05, 3.63) is 83.2 Å². The molecule has 4 aromatic rings. The maximum Gasteiger partial charge on any atom is 0.353 e. The Labute approximate surface area is 166 Å². The molecule has 0 N–H and O–H groups in total. The quantitative estimate of drug-likeness (QED) is 0.352. The van der Waals surface area contributed by atoms with Gasteiger partial charge in [0.25, 0.3) is 0 Å². The second kappa shape index (κ2) is 8.02. The fraction of sp³-hybridized carbons (Fsp3) is 0.0455. The van der Waals surface area contributed by atoms with E-state index in [-0.39, 0.29) is 5.97 Å². The lowest BCUT2D eigenvalue weighted by molar-refractivity contribution is 0.0740. The van der Waals surface area contributed by atoms with Gasteiger partial charge in [-0.1, -0.05) is 6.07 Å². The first-order chi connectivity index (χ1) is 13.7. The van der Waals surface area contributed by atoms with Gasteiger partial charge in [0.2, 0.25) is 0 Å². The van der Waals surface area contributed by atoms with Gasteiger partial charge in [-0.05, 0) is 66.0 Å². The van der Waals surface area contributed by atoms with E-state index in [1.165, 1.54) is 11.3 Å². The van der Waals surface area contributed by atoms with Crippen LogP contribution >= 0.6 is 11.3 Å². The number of aromatic nitrogens is 2. The number of carbonyl (C=O) groups excluding carboxylic acids is 1. The maximum atomic E-state index is 12.0. The lowest BCUT2D eigenvalue weighted by Crippen LogP contribution is -2.06. The topological polar surface area (TPSA) is 61.3 Å². The molecule has 0 bridgehead atoms. The normalized spacial score (nSPS) is 10.5. The van der Waals surface area contributed by atoms with Crippen LogP contribution in [0.15, 0.2) is 78.3 Å². The van der Waals surface area contributed by atoms with Crippen LogP contribution in [0.25, 0.3) is 22.6 Å². The summed E-state index contributed by atoms with van der Waals surface area (Å²) in [4.78, 5) is 21.6. The molecule has 0 amide bonds. The fourth-order valence-electron chi connectivity index (χ4n) is 2.64. The van der Waals surface area contributed by atoms with Crippen LogP contribution < -0.4 is 9.47 Å². The van der Waals surface area contributed by atoms with Gasteiger partial charge in [0, 0.05) is 17.3 Å². The van der Waals surface area contributed by atoms with Crippen LogP contribution in [0.5, 0.6) is 11.5 Å². The van der Waals surface area contributed by atoms with Gasteiger partial charge in [-0.15, -0.1) is 11.3 Å². The Morgan fingerprint density at radius 2 is 1.61 bits per heavy atom. The van der Waals surface area contributed by atoms with E-state index < -0.39 is 0 Å². The number of benzene rings is 2. The number of esters is 1. The molecule has 138 valence electrons. The van der Waals surface area contributed by atoms with Crippen molar-refractivity contribution in [1.29, 1.82) is 0 Å². The lowest BCUT2D eigenvalue weighted by Gasteiger charge is -2.07. The molecule has 28 heavy (non-hydrogen) atoms. The number of carbonyl (C=O) groups is 1. The van der Waals surface area contributed by atoms with Crippen LogP contribution in [-0.4, -0.2) is 23.0 Å². The lowest BCUT2D eigenvalue weighted by atomic mass is 10.1. The first-order valence-electron chi connectivity index (χ1n) is 8.56. The highest BCUT2D eigenvalue weighted by Crippen LogP contribution is 2.24. The zero-order valence-corrected chi connectivity index (χ0v) is 15.8. The Bertz CT molecular complexity index is 1080. The monoisotopic (exact) mass is 388 g/mol. The van der Waals surface area contributed by atoms with Gasteiger partial charge >= 0.3 is 5.97 Å². The SMILES string of the molecule is COc1ccc(-c2ccnc(-c3ccc(OC(=O)c4cccs4)cc3)n2)cc1. The van der Waals surface area contributed by atoms with Crippen LogP contribution in [0.2, 0.25) is 0 Å². The maximum absolute atomic E-state index is 12.0. The number of nitrogens with zero attached hydrogens (tertiary/aromatic N) is 2. The van der Waals surface area contributed by atoms with Gasteiger partial charge < -0.3 is 9.47 Å². The summed E-state index contributed by atoms with van der Waals surface area (Å²) in [6, 6.07) is 20.3. The third kappa shape index (κ3) is 3.92. The molecular formula is C22H16N2O3S. The van der Waals surface area contributed by atoms with Crippen molar-refractivity contribution in [3.63, 3.8) is 0 Å². The molecule has 0 spiro atoms. The van der Waals surface area contributed by atoms with Crippen molar-refractivity contribution in [1.82, 2.24) is 9.97 Å². The largest absolute Gasteiger partial charge is 0.497 e. The van der Waals surface area contributed by atoms with Crippen molar-refractivity contribution in [3.8, 4) is 34.1 Å². The van der Waals surface area contributed by atoms with Crippen molar-refractivity contribution >= 4 is 17.3 Å². The summed E-state index contributed by atoms with van der Waals surface area (Å²) >= 11 is 1.35. The predicted octanol–water partition coefficient (Wildman–Crippen LogP) is 5.10. The van der Waals surface area contributed by atoms with Crippen LogP contribution in [0.1, 0.15) is 9.67 Å². The first kappa shape index (κ1) is 17.9. The van der Waals surface area contributed by atoms with E-state index >= 15 is 0 Å².